The van der Waals surface area contributed by atoms with Gasteiger partial charge >= 0.3 is 0 Å². The summed E-state index contributed by atoms with van der Waals surface area (Å²) in [4.78, 5) is 0. The van der Waals surface area contributed by atoms with E-state index in [9.17, 15) is 8.42 Å². The van der Waals surface area contributed by atoms with E-state index >= 15 is 0 Å². The van der Waals surface area contributed by atoms with Crippen LogP contribution in [0.4, 0.5) is 0 Å². The molecule has 0 aromatic carbocycles. The second kappa shape index (κ2) is 6.35. The molecule has 0 bridgehead atoms. The Morgan fingerprint density at radius 1 is 1.33 bits per heavy atom. The van der Waals surface area contributed by atoms with Crippen LogP contribution in [0.5, 0.6) is 0 Å². The van der Waals surface area contributed by atoms with Crippen LogP contribution in [0.1, 0.15) is 47.0 Å². The number of hydrogen-bond acceptors (Lipinski definition) is 3. The van der Waals surface area contributed by atoms with Crippen molar-refractivity contribution < 1.29 is 8.42 Å². The standard InChI is InChI=1S/C13H28N2O2S/c1-12(2)14-8-6-10-18(16,17)15-9-5-7-13(3,4)11-15/h12,14H,5-11H2,1-4H3. The van der Waals surface area contributed by atoms with Crippen molar-refractivity contribution in [2.45, 2.75) is 53.0 Å². The average molecular weight is 276 g/mol. The molecule has 18 heavy (non-hydrogen) atoms. The van der Waals surface area contributed by atoms with E-state index < -0.39 is 10.0 Å². The van der Waals surface area contributed by atoms with Gasteiger partial charge in [0.25, 0.3) is 0 Å². The molecule has 1 rings (SSSR count). The molecule has 0 spiro atoms. The lowest BCUT2D eigenvalue weighted by molar-refractivity contribution is 0.187. The lowest BCUT2D eigenvalue weighted by Gasteiger charge is -2.37. The normalized spacial score (nSPS) is 21.4. The van der Waals surface area contributed by atoms with E-state index in [4.69, 9.17) is 0 Å². The van der Waals surface area contributed by atoms with Crippen LogP contribution >= 0.6 is 0 Å². The minimum absolute atomic E-state index is 0.126. The fraction of sp³-hybridized carbons (Fsp3) is 1.00. The predicted octanol–water partition coefficient (Wildman–Crippen LogP) is 1.83. The smallest absolute Gasteiger partial charge is 0.214 e. The summed E-state index contributed by atoms with van der Waals surface area (Å²) in [5.74, 6) is 0.267. The van der Waals surface area contributed by atoms with Crippen LogP contribution in [0.15, 0.2) is 0 Å². The van der Waals surface area contributed by atoms with E-state index in [1.165, 1.54) is 0 Å². The number of hydrogen-bond donors (Lipinski definition) is 1. The molecule has 0 aliphatic carbocycles. The Balaban J connectivity index is 2.43. The zero-order valence-corrected chi connectivity index (χ0v) is 13.0. The van der Waals surface area contributed by atoms with Crippen molar-refractivity contribution in [3.8, 4) is 0 Å². The zero-order valence-electron chi connectivity index (χ0n) is 12.2. The van der Waals surface area contributed by atoms with Gasteiger partial charge < -0.3 is 5.32 Å². The fourth-order valence-electron chi connectivity index (χ4n) is 2.38. The first-order valence-electron chi connectivity index (χ1n) is 6.94. The van der Waals surface area contributed by atoms with Gasteiger partial charge in [-0.2, -0.15) is 0 Å². The van der Waals surface area contributed by atoms with Gasteiger partial charge in [0, 0.05) is 19.1 Å². The summed E-state index contributed by atoms with van der Waals surface area (Å²) in [6.07, 6.45) is 2.79. The maximum Gasteiger partial charge on any atom is 0.214 e. The number of nitrogens with zero attached hydrogens (tertiary/aromatic N) is 1. The van der Waals surface area contributed by atoms with Crippen molar-refractivity contribution >= 4 is 10.0 Å². The van der Waals surface area contributed by atoms with E-state index in [-0.39, 0.29) is 11.2 Å². The monoisotopic (exact) mass is 276 g/mol. The molecule has 0 aromatic rings. The van der Waals surface area contributed by atoms with Crippen LogP contribution in [-0.4, -0.2) is 44.2 Å². The van der Waals surface area contributed by atoms with Gasteiger partial charge in [0.2, 0.25) is 10.0 Å². The highest BCUT2D eigenvalue weighted by atomic mass is 32.2. The molecule has 0 unspecified atom stereocenters. The molecule has 0 saturated carbocycles. The lowest BCUT2D eigenvalue weighted by Crippen LogP contribution is -2.44. The number of rotatable bonds is 6. The summed E-state index contributed by atoms with van der Waals surface area (Å²) in [6, 6.07) is 0.418. The predicted molar refractivity (Wildman–Crippen MR) is 76.1 cm³/mol. The molecule has 108 valence electrons. The van der Waals surface area contributed by atoms with Crippen molar-refractivity contribution in [2.75, 3.05) is 25.4 Å². The highest BCUT2D eigenvalue weighted by molar-refractivity contribution is 7.89. The lowest BCUT2D eigenvalue weighted by atomic mass is 9.85. The second-order valence-corrected chi connectivity index (χ2v) is 8.47. The molecule has 1 fully saturated rings. The van der Waals surface area contributed by atoms with Crippen LogP contribution in [0.25, 0.3) is 0 Å². The Morgan fingerprint density at radius 3 is 2.56 bits per heavy atom. The first-order chi connectivity index (χ1) is 8.23. The van der Waals surface area contributed by atoms with Crippen molar-refractivity contribution in [2.24, 2.45) is 5.41 Å². The van der Waals surface area contributed by atoms with Gasteiger partial charge in [-0.3, -0.25) is 0 Å². The zero-order chi connectivity index (χ0) is 13.8. The molecule has 1 heterocycles. The highest BCUT2D eigenvalue weighted by Crippen LogP contribution is 2.29. The summed E-state index contributed by atoms with van der Waals surface area (Å²) in [5.41, 5.74) is 0.126. The van der Waals surface area contributed by atoms with Crippen molar-refractivity contribution in [3.05, 3.63) is 0 Å². The summed E-state index contributed by atoms with van der Waals surface area (Å²) < 4.78 is 26.1. The molecule has 0 atom stereocenters. The highest BCUT2D eigenvalue weighted by Gasteiger charge is 2.32. The Hall–Kier alpha value is -0.130. The molecule has 0 amide bonds. The summed E-state index contributed by atoms with van der Waals surface area (Å²) in [5, 5.41) is 3.25. The summed E-state index contributed by atoms with van der Waals surface area (Å²) in [7, 11) is -3.06. The number of piperidine rings is 1. The van der Waals surface area contributed by atoms with Gasteiger partial charge in [0.05, 0.1) is 5.75 Å². The molecule has 5 heteroatoms. The molecule has 1 aliphatic rings. The van der Waals surface area contributed by atoms with Crippen LogP contribution in [0.2, 0.25) is 0 Å². The van der Waals surface area contributed by atoms with E-state index in [1.54, 1.807) is 4.31 Å². The molecular formula is C13H28N2O2S. The van der Waals surface area contributed by atoms with E-state index in [0.717, 1.165) is 19.4 Å². The van der Waals surface area contributed by atoms with Crippen LogP contribution < -0.4 is 5.32 Å². The third-order valence-electron chi connectivity index (χ3n) is 3.39. The average Bonchev–Trinajstić information content (AvgIpc) is 2.23. The van der Waals surface area contributed by atoms with Crippen LogP contribution in [0, 0.1) is 5.41 Å². The van der Waals surface area contributed by atoms with Crippen molar-refractivity contribution in [1.29, 1.82) is 0 Å². The van der Waals surface area contributed by atoms with Gasteiger partial charge in [-0.05, 0) is 31.2 Å². The van der Waals surface area contributed by atoms with Gasteiger partial charge in [-0.15, -0.1) is 0 Å². The minimum Gasteiger partial charge on any atom is -0.314 e. The van der Waals surface area contributed by atoms with Crippen LogP contribution in [-0.2, 0) is 10.0 Å². The van der Waals surface area contributed by atoms with Gasteiger partial charge in [0.1, 0.15) is 0 Å². The second-order valence-electron chi connectivity index (χ2n) is 6.38. The van der Waals surface area contributed by atoms with E-state index in [1.807, 2.05) is 0 Å². The van der Waals surface area contributed by atoms with Gasteiger partial charge in [0.15, 0.2) is 0 Å². The molecule has 4 nitrogen and oxygen atoms in total. The Labute approximate surface area is 112 Å². The molecule has 1 saturated heterocycles. The van der Waals surface area contributed by atoms with E-state index in [0.29, 0.717) is 25.6 Å². The number of nitrogens with one attached hydrogen (secondary N) is 1. The van der Waals surface area contributed by atoms with E-state index in [2.05, 4.69) is 33.0 Å². The fourth-order valence-corrected chi connectivity index (χ4v) is 4.10. The number of sulfonamides is 1. The van der Waals surface area contributed by atoms with Crippen molar-refractivity contribution in [1.82, 2.24) is 9.62 Å². The van der Waals surface area contributed by atoms with Gasteiger partial charge in [-0.25, -0.2) is 12.7 Å². The molecule has 0 aromatic heterocycles. The first kappa shape index (κ1) is 15.9. The van der Waals surface area contributed by atoms with Crippen LogP contribution in [0.3, 0.4) is 0 Å². The van der Waals surface area contributed by atoms with Gasteiger partial charge in [-0.1, -0.05) is 27.7 Å². The summed E-state index contributed by atoms with van der Waals surface area (Å²) >= 11 is 0. The Kier molecular flexibility index (Phi) is 5.62. The molecular weight excluding hydrogens is 248 g/mol. The quantitative estimate of drug-likeness (QED) is 0.753. The molecule has 0 radical (unpaired) electrons. The molecule has 1 aliphatic heterocycles. The Bertz CT molecular complexity index is 350. The topological polar surface area (TPSA) is 49.4 Å². The minimum atomic E-state index is -3.06. The molecule has 1 N–H and O–H groups in total. The van der Waals surface area contributed by atoms with Crippen molar-refractivity contribution in [3.63, 3.8) is 0 Å². The Morgan fingerprint density at radius 2 is 2.00 bits per heavy atom. The maximum absolute atomic E-state index is 12.2. The SMILES string of the molecule is CC(C)NCCCS(=O)(=O)N1CCCC(C)(C)C1. The third kappa shape index (κ3) is 5.24. The largest absolute Gasteiger partial charge is 0.314 e. The summed E-state index contributed by atoms with van der Waals surface area (Å²) in [6.45, 7) is 10.6. The third-order valence-corrected chi connectivity index (χ3v) is 5.29. The maximum atomic E-state index is 12.2. The first-order valence-corrected chi connectivity index (χ1v) is 8.55.